The Labute approximate surface area is 368 Å². The molecule has 350 valence electrons. The maximum atomic E-state index is 12.8. The first-order chi connectivity index (χ1) is 28.6. The van der Waals surface area contributed by atoms with Crippen molar-refractivity contribution in [1.82, 2.24) is 0 Å². The molecule has 0 aliphatic rings. The van der Waals surface area contributed by atoms with E-state index in [1.807, 2.05) is 0 Å². The van der Waals surface area contributed by atoms with Crippen molar-refractivity contribution >= 4 is 17.9 Å². The summed E-state index contributed by atoms with van der Waals surface area (Å²) in [5, 5.41) is 0. The van der Waals surface area contributed by atoms with Crippen LogP contribution in [0.5, 0.6) is 0 Å². The highest BCUT2D eigenvalue weighted by Crippen LogP contribution is 2.18. The van der Waals surface area contributed by atoms with E-state index in [4.69, 9.17) is 14.2 Å². The first kappa shape index (κ1) is 57.4. The van der Waals surface area contributed by atoms with Crippen LogP contribution in [0.25, 0.3) is 0 Å². The van der Waals surface area contributed by atoms with Crippen LogP contribution in [0, 0.1) is 17.8 Å². The summed E-state index contributed by atoms with van der Waals surface area (Å²) < 4.78 is 16.8. The van der Waals surface area contributed by atoms with Crippen LogP contribution in [0.4, 0.5) is 0 Å². The van der Waals surface area contributed by atoms with Gasteiger partial charge in [0, 0.05) is 19.3 Å². The SMILES string of the molecule is CCC(C)CCCCCCCCCCCCCCCCCCCCC(=O)O[C@@H](COC(=O)CCCCCCCCCC(C)C)COC(=O)CCCCCCCCC(C)C. The Morgan fingerprint density at radius 3 is 0.881 bits per heavy atom. The average molecular weight is 835 g/mol. The molecule has 0 radical (unpaired) electrons. The number of esters is 3. The molecule has 2 atom stereocenters. The number of rotatable bonds is 46. The van der Waals surface area contributed by atoms with E-state index >= 15 is 0 Å². The van der Waals surface area contributed by atoms with Crippen molar-refractivity contribution in [3.8, 4) is 0 Å². The lowest BCUT2D eigenvalue weighted by Crippen LogP contribution is -2.30. The van der Waals surface area contributed by atoms with Gasteiger partial charge in [-0.25, -0.2) is 0 Å². The fourth-order valence-corrected chi connectivity index (χ4v) is 7.91. The largest absolute Gasteiger partial charge is 0.462 e. The Morgan fingerprint density at radius 2 is 0.593 bits per heavy atom. The van der Waals surface area contributed by atoms with Gasteiger partial charge in [0.05, 0.1) is 0 Å². The van der Waals surface area contributed by atoms with Crippen LogP contribution in [0.15, 0.2) is 0 Å². The summed E-state index contributed by atoms with van der Waals surface area (Å²) >= 11 is 0. The molecular formula is C53H102O6. The lowest BCUT2D eigenvalue weighted by atomic mass is 9.99. The van der Waals surface area contributed by atoms with Crippen LogP contribution in [-0.4, -0.2) is 37.2 Å². The maximum Gasteiger partial charge on any atom is 0.306 e. The minimum Gasteiger partial charge on any atom is -0.462 e. The molecule has 59 heavy (non-hydrogen) atoms. The monoisotopic (exact) mass is 835 g/mol. The highest BCUT2D eigenvalue weighted by molar-refractivity contribution is 5.71. The normalized spacial score (nSPS) is 12.6. The van der Waals surface area contributed by atoms with E-state index in [1.54, 1.807) is 0 Å². The van der Waals surface area contributed by atoms with E-state index in [0.29, 0.717) is 19.3 Å². The van der Waals surface area contributed by atoms with E-state index in [0.717, 1.165) is 75.5 Å². The Bertz CT molecular complexity index is 916. The van der Waals surface area contributed by atoms with E-state index < -0.39 is 6.10 Å². The molecule has 0 aromatic carbocycles. The van der Waals surface area contributed by atoms with Crippen LogP contribution in [0.3, 0.4) is 0 Å². The molecule has 0 N–H and O–H groups in total. The molecular weight excluding hydrogens is 733 g/mol. The number of hydrogen-bond donors (Lipinski definition) is 0. The topological polar surface area (TPSA) is 78.9 Å². The number of ether oxygens (including phenoxy) is 3. The van der Waals surface area contributed by atoms with E-state index in [-0.39, 0.29) is 31.1 Å². The summed E-state index contributed by atoms with van der Waals surface area (Å²) in [7, 11) is 0. The van der Waals surface area contributed by atoms with Crippen molar-refractivity contribution in [3.05, 3.63) is 0 Å². The van der Waals surface area contributed by atoms with Gasteiger partial charge < -0.3 is 14.2 Å². The zero-order valence-electron chi connectivity index (χ0n) is 40.5. The van der Waals surface area contributed by atoms with Gasteiger partial charge >= 0.3 is 17.9 Å². The third-order valence-electron chi connectivity index (χ3n) is 12.3. The molecule has 0 heterocycles. The molecule has 0 amide bonds. The van der Waals surface area contributed by atoms with Crippen molar-refractivity contribution in [2.45, 2.75) is 292 Å². The van der Waals surface area contributed by atoms with E-state index in [9.17, 15) is 14.4 Å². The minimum absolute atomic E-state index is 0.0666. The van der Waals surface area contributed by atoms with E-state index in [2.05, 4.69) is 41.5 Å². The third-order valence-corrected chi connectivity index (χ3v) is 12.3. The van der Waals surface area contributed by atoms with Crippen LogP contribution in [0.2, 0.25) is 0 Å². The lowest BCUT2D eigenvalue weighted by molar-refractivity contribution is -0.167. The smallest absolute Gasteiger partial charge is 0.306 e. The molecule has 0 bridgehead atoms. The lowest BCUT2D eigenvalue weighted by Gasteiger charge is -2.18. The maximum absolute atomic E-state index is 12.8. The number of carbonyl (C=O) groups excluding carboxylic acids is 3. The zero-order chi connectivity index (χ0) is 43.4. The van der Waals surface area contributed by atoms with Gasteiger partial charge in [0.1, 0.15) is 13.2 Å². The van der Waals surface area contributed by atoms with Gasteiger partial charge in [0.15, 0.2) is 6.10 Å². The van der Waals surface area contributed by atoms with Gasteiger partial charge in [0.25, 0.3) is 0 Å². The number of unbranched alkanes of at least 4 members (excludes halogenated alkanes) is 28. The highest BCUT2D eigenvalue weighted by atomic mass is 16.6. The van der Waals surface area contributed by atoms with E-state index in [1.165, 1.54) is 167 Å². The molecule has 1 unspecified atom stereocenters. The van der Waals surface area contributed by atoms with Crippen LogP contribution < -0.4 is 0 Å². The predicted molar refractivity (Wildman–Crippen MR) is 252 cm³/mol. The summed E-state index contributed by atoms with van der Waals surface area (Å²) in [6.07, 6.45) is 44.0. The second-order valence-electron chi connectivity index (χ2n) is 19.4. The Morgan fingerprint density at radius 1 is 0.339 bits per heavy atom. The predicted octanol–water partition coefficient (Wildman–Crippen LogP) is 16.8. The van der Waals surface area contributed by atoms with Gasteiger partial charge in [-0.1, -0.05) is 247 Å². The molecule has 0 aliphatic carbocycles. The number of carbonyl (C=O) groups is 3. The first-order valence-corrected chi connectivity index (χ1v) is 26.1. The third kappa shape index (κ3) is 45.8. The fourth-order valence-electron chi connectivity index (χ4n) is 7.91. The summed E-state index contributed by atoms with van der Waals surface area (Å²) in [4.78, 5) is 37.8. The fraction of sp³-hybridized carbons (Fsp3) is 0.943. The second kappa shape index (κ2) is 44.5. The quantitative estimate of drug-likeness (QED) is 0.0345. The standard InChI is InChI=1S/C53H102O6/c1-7-49(6)41-35-29-22-18-16-14-12-10-8-9-11-13-15-17-19-23-32-38-44-53(56)59-50(46-58-52(55)43-37-31-26-25-28-34-40-48(4)5)45-57-51(54)42-36-30-24-20-21-27-33-39-47(2)3/h47-50H,7-46H2,1-6H3/t49?,50-/m0/s1. The molecule has 0 saturated heterocycles. The molecule has 0 spiro atoms. The van der Waals surface area contributed by atoms with Gasteiger partial charge in [0.2, 0.25) is 0 Å². The highest BCUT2D eigenvalue weighted by Gasteiger charge is 2.19. The van der Waals surface area contributed by atoms with Crippen molar-refractivity contribution < 1.29 is 28.6 Å². The van der Waals surface area contributed by atoms with Crippen LogP contribution >= 0.6 is 0 Å². The number of hydrogen-bond acceptors (Lipinski definition) is 6. The molecule has 6 heteroatoms. The van der Waals surface area contributed by atoms with Gasteiger partial charge in [-0.2, -0.15) is 0 Å². The summed E-state index contributed by atoms with van der Waals surface area (Å²) in [6, 6.07) is 0. The molecule has 0 aromatic heterocycles. The van der Waals surface area contributed by atoms with Crippen molar-refractivity contribution in [2.75, 3.05) is 13.2 Å². The van der Waals surface area contributed by atoms with Crippen LogP contribution in [0.1, 0.15) is 286 Å². The van der Waals surface area contributed by atoms with Crippen molar-refractivity contribution in [1.29, 1.82) is 0 Å². The Hall–Kier alpha value is -1.59. The van der Waals surface area contributed by atoms with Crippen molar-refractivity contribution in [2.24, 2.45) is 17.8 Å². The molecule has 0 saturated carbocycles. The average Bonchev–Trinajstić information content (AvgIpc) is 3.20. The minimum atomic E-state index is -0.763. The second-order valence-corrected chi connectivity index (χ2v) is 19.4. The van der Waals surface area contributed by atoms with Gasteiger partial charge in [-0.05, 0) is 37.0 Å². The van der Waals surface area contributed by atoms with Crippen molar-refractivity contribution in [3.63, 3.8) is 0 Å². The summed E-state index contributed by atoms with van der Waals surface area (Å²) in [5.41, 5.74) is 0. The molecule has 0 aromatic rings. The summed E-state index contributed by atoms with van der Waals surface area (Å²) in [5.74, 6) is 1.59. The molecule has 6 nitrogen and oxygen atoms in total. The first-order valence-electron chi connectivity index (χ1n) is 26.1. The Kier molecular flexibility index (Phi) is 43.3. The molecule has 0 rings (SSSR count). The molecule has 0 fully saturated rings. The van der Waals surface area contributed by atoms with Crippen LogP contribution in [-0.2, 0) is 28.6 Å². The molecule has 0 aliphatic heterocycles. The Balaban J connectivity index is 4.17. The van der Waals surface area contributed by atoms with Gasteiger partial charge in [-0.3, -0.25) is 14.4 Å². The summed E-state index contributed by atoms with van der Waals surface area (Å²) in [6.45, 7) is 13.7. The zero-order valence-corrected chi connectivity index (χ0v) is 40.5. The van der Waals surface area contributed by atoms with Gasteiger partial charge in [-0.15, -0.1) is 0 Å².